The van der Waals surface area contributed by atoms with Gasteiger partial charge in [0.25, 0.3) is 0 Å². The Morgan fingerprint density at radius 2 is 1.91 bits per heavy atom. The molecular weight excluding hydrogens is 302 g/mol. The lowest BCUT2D eigenvalue weighted by molar-refractivity contribution is 0.126. The largest absolute Gasteiger partial charge is 0.393 e. The van der Waals surface area contributed by atoms with Crippen molar-refractivity contribution in [1.29, 1.82) is 0 Å². The van der Waals surface area contributed by atoms with Crippen molar-refractivity contribution < 1.29 is 18.7 Å². The van der Waals surface area contributed by atoms with E-state index in [1.807, 2.05) is 13.8 Å². The number of hydrogen-bond donors (Lipinski definition) is 2. The van der Waals surface area contributed by atoms with Crippen molar-refractivity contribution in [2.75, 3.05) is 13.6 Å². The molecule has 0 aromatic heterocycles. The molecule has 2 N–H and O–H groups in total. The number of aliphatic hydroxyl groups is 1. The van der Waals surface area contributed by atoms with Crippen molar-refractivity contribution in [2.45, 2.75) is 46.3 Å². The molecule has 2 atom stereocenters. The van der Waals surface area contributed by atoms with Crippen molar-refractivity contribution in [1.82, 2.24) is 10.2 Å². The molecule has 1 rings (SSSR count). The maximum Gasteiger partial charge on any atom is 0.317 e. The van der Waals surface area contributed by atoms with E-state index in [2.05, 4.69) is 5.32 Å². The predicted molar refractivity (Wildman–Crippen MR) is 86.0 cm³/mol. The van der Waals surface area contributed by atoms with Crippen molar-refractivity contribution in [3.05, 3.63) is 35.4 Å². The molecule has 1 aromatic rings. The average molecular weight is 328 g/mol. The molecule has 2 amide bonds. The zero-order chi connectivity index (χ0) is 17.8. The number of carbonyl (C=O) groups excluding carboxylic acids is 1. The van der Waals surface area contributed by atoms with Gasteiger partial charge >= 0.3 is 6.03 Å². The van der Waals surface area contributed by atoms with E-state index < -0.39 is 23.8 Å². The molecule has 0 aliphatic rings. The van der Waals surface area contributed by atoms with Crippen LogP contribution in [0.3, 0.4) is 0 Å². The topological polar surface area (TPSA) is 52.6 Å². The van der Waals surface area contributed by atoms with E-state index in [-0.39, 0.29) is 11.4 Å². The van der Waals surface area contributed by atoms with Crippen molar-refractivity contribution in [3.8, 4) is 0 Å². The predicted octanol–water partition coefficient (Wildman–Crippen LogP) is 3.46. The molecule has 23 heavy (non-hydrogen) atoms. The second-order valence-electron chi connectivity index (χ2n) is 6.84. The first-order valence-corrected chi connectivity index (χ1v) is 7.67. The third-order valence-electron chi connectivity index (χ3n) is 3.89. The lowest BCUT2D eigenvalue weighted by atomic mass is 9.87. The Labute approximate surface area is 136 Å². The number of rotatable bonds is 6. The molecule has 0 saturated heterocycles. The highest BCUT2D eigenvalue weighted by Gasteiger charge is 2.24. The number of nitrogens with zero attached hydrogens (tertiary/aromatic N) is 1. The number of halogens is 2. The summed E-state index contributed by atoms with van der Waals surface area (Å²) in [5.74, 6) is -1.84. The second kappa shape index (κ2) is 7.73. The first-order valence-electron chi connectivity index (χ1n) is 7.67. The van der Waals surface area contributed by atoms with Crippen LogP contribution in [0.25, 0.3) is 0 Å². The fraction of sp³-hybridized carbons (Fsp3) is 0.588. The molecule has 6 heteroatoms. The Morgan fingerprint density at radius 1 is 1.30 bits per heavy atom. The van der Waals surface area contributed by atoms with Gasteiger partial charge in [-0.25, -0.2) is 13.6 Å². The van der Waals surface area contributed by atoms with Crippen LogP contribution in [0.2, 0.25) is 0 Å². The van der Waals surface area contributed by atoms with Crippen molar-refractivity contribution in [2.24, 2.45) is 5.41 Å². The van der Waals surface area contributed by atoms with E-state index in [4.69, 9.17) is 0 Å². The first kappa shape index (κ1) is 19.4. The maximum atomic E-state index is 13.3. The molecule has 0 heterocycles. The summed E-state index contributed by atoms with van der Waals surface area (Å²) in [4.78, 5) is 13.7. The SMILES string of the molecule is CC(O)CC(C)(C)CNC(=O)N(C)C(C)c1ccc(F)c(F)c1. The number of benzene rings is 1. The van der Waals surface area contributed by atoms with Gasteiger partial charge in [-0.05, 0) is 43.4 Å². The minimum Gasteiger partial charge on any atom is -0.393 e. The minimum atomic E-state index is -0.929. The lowest BCUT2D eigenvalue weighted by Crippen LogP contribution is -2.43. The van der Waals surface area contributed by atoms with E-state index >= 15 is 0 Å². The van der Waals surface area contributed by atoms with Crippen LogP contribution in [0.5, 0.6) is 0 Å². The fourth-order valence-corrected chi connectivity index (χ4v) is 2.48. The van der Waals surface area contributed by atoms with E-state index in [0.717, 1.165) is 12.1 Å². The summed E-state index contributed by atoms with van der Waals surface area (Å²) >= 11 is 0. The molecule has 0 aliphatic heterocycles. The third-order valence-corrected chi connectivity index (χ3v) is 3.89. The maximum absolute atomic E-state index is 13.3. The van der Waals surface area contributed by atoms with Crippen LogP contribution in [-0.2, 0) is 0 Å². The van der Waals surface area contributed by atoms with Gasteiger partial charge in [-0.2, -0.15) is 0 Å². The van der Waals surface area contributed by atoms with Crippen LogP contribution >= 0.6 is 0 Å². The molecule has 0 radical (unpaired) electrons. The van der Waals surface area contributed by atoms with Gasteiger partial charge in [0.2, 0.25) is 0 Å². The summed E-state index contributed by atoms with van der Waals surface area (Å²) in [6.45, 7) is 7.77. The molecule has 4 nitrogen and oxygen atoms in total. The van der Waals surface area contributed by atoms with Crippen molar-refractivity contribution >= 4 is 6.03 Å². The van der Waals surface area contributed by atoms with Crippen LogP contribution in [-0.4, -0.2) is 35.7 Å². The monoisotopic (exact) mass is 328 g/mol. The number of amides is 2. The third kappa shape index (κ3) is 5.78. The van der Waals surface area contributed by atoms with Gasteiger partial charge in [-0.1, -0.05) is 19.9 Å². The Kier molecular flexibility index (Phi) is 6.50. The molecule has 0 saturated carbocycles. The zero-order valence-corrected chi connectivity index (χ0v) is 14.4. The highest BCUT2D eigenvalue weighted by molar-refractivity contribution is 5.74. The van der Waals surface area contributed by atoms with Gasteiger partial charge in [0.1, 0.15) is 0 Å². The van der Waals surface area contributed by atoms with Crippen LogP contribution in [0.1, 0.15) is 45.7 Å². The molecular formula is C17H26F2N2O2. The second-order valence-corrected chi connectivity index (χ2v) is 6.84. The summed E-state index contributed by atoms with van der Waals surface area (Å²) in [6, 6.07) is 2.91. The molecule has 130 valence electrons. The number of nitrogens with one attached hydrogen (secondary N) is 1. The molecule has 0 bridgehead atoms. The number of carbonyl (C=O) groups is 1. The number of urea groups is 1. The minimum absolute atomic E-state index is 0.240. The van der Waals surface area contributed by atoms with Crippen LogP contribution in [0.15, 0.2) is 18.2 Å². The highest BCUT2D eigenvalue weighted by atomic mass is 19.2. The quantitative estimate of drug-likeness (QED) is 0.840. The van der Waals surface area contributed by atoms with Gasteiger partial charge in [-0.15, -0.1) is 0 Å². The molecule has 0 aliphatic carbocycles. The summed E-state index contributed by atoms with van der Waals surface area (Å²) < 4.78 is 26.3. The Balaban J connectivity index is 2.67. The highest BCUT2D eigenvalue weighted by Crippen LogP contribution is 2.23. The number of hydrogen-bond acceptors (Lipinski definition) is 2. The normalized spacial score (nSPS) is 14.3. The van der Waals surface area contributed by atoms with E-state index in [0.29, 0.717) is 18.5 Å². The Bertz CT molecular complexity index is 547. The number of aliphatic hydroxyl groups excluding tert-OH is 1. The van der Waals surface area contributed by atoms with Gasteiger partial charge in [0.15, 0.2) is 11.6 Å². The standard InChI is InChI=1S/C17H26F2N2O2/c1-11(22)9-17(3,4)10-20-16(23)21(5)12(2)13-6-7-14(18)15(19)8-13/h6-8,11-12,22H,9-10H2,1-5H3,(H,20,23). The Morgan fingerprint density at radius 3 is 2.43 bits per heavy atom. The summed E-state index contributed by atoms with van der Waals surface area (Å²) in [6.07, 6.45) is 0.121. The molecule has 2 unspecified atom stereocenters. The first-order chi connectivity index (χ1) is 10.5. The summed E-state index contributed by atoms with van der Waals surface area (Å²) in [5, 5.41) is 12.3. The average Bonchev–Trinajstić information content (AvgIpc) is 2.45. The van der Waals surface area contributed by atoms with E-state index in [1.165, 1.54) is 11.0 Å². The summed E-state index contributed by atoms with van der Waals surface area (Å²) in [5.41, 5.74) is 0.278. The van der Waals surface area contributed by atoms with E-state index in [9.17, 15) is 18.7 Å². The Hall–Kier alpha value is -1.69. The van der Waals surface area contributed by atoms with Gasteiger partial charge < -0.3 is 15.3 Å². The van der Waals surface area contributed by atoms with Gasteiger partial charge in [0.05, 0.1) is 12.1 Å². The molecule has 0 spiro atoms. The van der Waals surface area contributed by atoms with Crippen LogP contribution in [0, 0.1) is 17.0 Å². The zero-order valence-electron chi connectivity index (χ0n) is 14.4. The van der Waals surface area contributed by atoms with Gasteiger partial charge in [0, 0.05) is 13.6 Å². The van der Waals surface area contributed by atoms with Crippen molar-refractivity contribution in [3.63, 3.8) is 0 Å². The van der Waals surface area contributed by atoms with Crippen LogP contribution < -0.4 is 5.32 Å². The summed E-state index contributed by atoms with van der Waals surface area (Å²) in [7, 11) is 1.60. The van der Waals surface area contributed by atoms with Gasteiger partial charge in [-0.3, -0.25) is 0 Å². The molecule has 0 fully saturated rings. The molecule has 1 aromatic carbocycles. The van der Waals surface area contributed by atoms with E-state index in [1.54, 1.807) is 20.9 Å². The van der Waals surface area contributed by atoms with Crippen LogP contribution in [0.4, 0.5) is 13.6 Å². The fourth-order valence-electron chi connectivity index (χ4n) is 2.48. The lowest BCUT2D eigenvalue weighted by Gasteiger charge is -2.30. The smallest absolute Gasteiger partial charge is 0.317 e.